The van der Waals surface area contributed by atoms with Crippen molar-refractivity contribution >= 4 is 29.7 Å². The second-order valence-electron chi connectivity index (χ2n) is 3.19. The van der Waals surface area contributed by atoms with Crippen LogP contribution in [0.25, 0.3) is 0 Å². The fourth-order valence-electron chi connectivity index (χ4n) is 1.20. The molecule has 0 aliphatic rings. The van der Waals surface area contributed by atoms with Gasteiger partial charge in [-0.05, 0) is 18.4 Å². The number of benzene rings is 1. The summed E-state index contributed by atoms with van der Waals surface area (Å²) in [6, 6.07) is 5.87. The molecule has 0 aliphatic heterocycles. The van der Waals surface area contributed by atoms with Crippen molar-refractivity contribution in [3.05, 3.63) is 29.8 Å². The number of nitrogens with one attached hydrogen (secondary N) is 1. The number of ether oxygens (including phenoxy) is 1. The zero-order valence-electron chi connectivity index (χ0n) is 9.64. The topological polar surface area (TPSA) is 98.5 Å². The third-order valence-corrected chi connectivity index (χ3v) is 2.72. The van der Waals surface area contributed by atoms with E-state index < -0.39 is 24.5 Å². The van der Waals surface area contributed by atoms with Gasteiger partial charge in [0, 0.05) is 4.90 Å². The average molecular weight is 268 g/mol. The lowest BCUT2D eigenvalue weighted by Gasteiger charge is -2.07. The summed E-state index contributed by atoms with van der Waals surface area (Å²) in [5.41, 5.74) is 5.11. The van der Waals surface area contributed by atoms with Gasteiger partial charge in [0.15, 0.2) is 6.61 Å². The molecule has 96 valence electrons. The molecular formula is C11H12N2O4S. The molecule has 0 radical (unpaired) electrons. The Hall–Kier alpha value is -2.02. The van der Waals surface area contributed by atoms with Gasteiger partial charge in [0.25, 0.3) is 5.91 Å². The Morgan fingerprint density at radius 1 is 1.33 bits per heavy atom. The summed E-state index contributed by atoms with van der Waals surface area (Å²) in [6.45, 7) is -0.551. The fourth-order valence-corrected chi connectivity index (χ4v) is 1.78. The Balaban J connectivity index is 2.60. The predicted octanol–water partition coefficient (Wildman–Crippen LogP) is 0.760. The lowest BCUT2D eigenvalue weighted by atomic mass is 10.2. The van der Waals surface area contributed by atoms with Crippen LogP contribution in [0.1, 0.15) is 10.4 Å². The minimum Gasteiger partial charge on any atom is -0.452 e. The maximum Gasteiger partial charge on any atom is 0.339 e. The smallest absolute Gasteiger partial charge is 0.339 e. The first-order valence-corrected chi connectivity index (χ1v) is 6.16. The van der Waals surface area contributed by atoms with E-state index in [-0.39, 0.29) is 0 Å². The van der Waals surface area contributed by atoms with E-state index in [1.54, 1.807) is 29.6 Å². The molecular weight excluding hydrogens is 256 g/mol. The molecule has 3 amide bonds. The number of amides is 3. The van der Waals surface area contributed by atoms with Crippen LogP contribution in [0.4, 0.5) is 4.79 Å². The highest BCUT2D eigenvalue weighted by Crippen LogP contribution is 2.20. The molecule has 3 N–H and O–H groups in total. The van der Waals surface area contributed by atoms with Gasteiger partial charge in [0.1, 0.15) is 0 Å². The van der Waals surface area contributed by atoms with E-state index in [4.69, 9.17) is 10.5 Å². The number of urea groups is 1. The summed E-state index contributed by atoms with van der Waals surface area (Å²) in [4.78, 5) is 33.9. The van der Waals surface area contributed by atoms with E-state index in [0.29, 0.717) is 5.56 Å². The normalized spacial score (nSPS) is 9.61. The van der Waals surface area contributed by atoms with E-state index in [0.717, 1.165) is 4.90 Å². The number of hydrogen-bond donors (Lipinski definition) is 2. The lowest BCUT2D eigenvalue weighted by Crippen LogP contribution is -2.37. The zero-order valence-corrected chi connectivity index (χ0v) is 10.5. The first-order chi connectivity index (χ1) is 8.54. The first kappa shape index (κ1) is 14.0. The number of nitrogens with two attached hydrogens (primary N) is 1. The first-order valence-electron chi connectivity index (χ1n) is 4.94. The van der Waals surface area contributed by atoms with Gasteiger partial charge in [-0.15, -0.1) is 11.8 Å². The Morgan fingerprint density at radius 3 is 2.61 bits per heavy atom. The highest BCUT2D eigenvalue weighted by Gasteiger charge is 2.14. The summed E-state index contributed by atoms with van der Waals surface area (Å²) in [5, 5.41) is 1.80. The van der Waals surface area contributed by atoms with Crippen LogP contribution < -0.4 is 11.1 Å². The second kappa shape index (κ2) is 6.65. The summed E-state index contributed by atoms with van der Waals surface area (Å²) in [5.74, 6) is -1.39. The molecule has 1 aromatic carbocycles. The lowest BCUT2D eigenvalue weighted by molar-refractivity contribution is -0.123. The Kier molecular flexibility index (Phi) is 5.19. The van der Waals surface area contributed by atoms with Gasteiger partial charge in [0.2, 0.25) is 0 Å². The quantitative estimate of drug-likeness (QED) is 0.620. The highest BCUT2D eigenvalue weighted by atomic mass is 32.2. The molecule has 1 rings (SSSR count). The molecule has 0 heterocycles. The van der Waals surface area contributed by atoms with E-state index in [9.17, 15) is 14.4 Å². The van der Waals surface area contributed by atoms with Crippen molar-refractivity contribution in [3.63, 3.8) is 0 Å². The molecule has 0 fully saturated rings. The fraction of sp³-hybridized carbons (Fsp3) is 0.182. The maximum atomic E-state index is 11.7. The van der Waals surface area contributed by atoms with Crippen LogP contribution in [0, 0.1) is 0 Å². The van der Waals surface area contributed by atoms with Crippen LogP contribution in [0.2, 0.25) is 0 Å². The summed E-state index contributed by atoms with van der Waals surface area (Å²) >= 11 is 1.39. The van der Waals surface area contributed by atoms with Crippen LogP contribution >= 0.6 is 11.8 Å². The number of thioether (sulfide) groups is 1. The Morgan fingerprint density at radius 2 is 2.00 bits per heavy atom. The van der Waals surface area contributed by atoms with Crippen molar-refractivity contribution in [3.8, 4) is 0 Å². The third-order valence-electron chi connectivity index (χ3n) is 1.92. The maximum absolute atomic E-state index is 11.7. The summed E-state index contributed by atoms with van der Waals surface area (Å²) in [6.07, 6.45) is 1.83. The van der Waals surface area contributed by atoms with Gasteiger partial charge >= 0.3 is 12.0 Å². The average Bonchev–Trinajstić information content (AvgIpc) is 2.35. The molecule has 0 aliphatic carbocycles. The standard InChI is InChI=1S/C11H12N2O4S/c1-18-8-5-3-2-4-7(8)10(15)17-6-9(14)13-11(12)16/h2-5H,6H2,1H3,(H3,12,13,14,16). The van der Waals surface area contributed by atoms with Crippen LogP contribution in [0.3, 0.4) is 0 Å². The predicted molar refractivity (Wildman–Crippen MR) is 66.2 cm³/mol. The number of carbonyl (C=O) groups excluding carboxylic acids is 3. The van der Waals surface area contributed by atoms with Crippen molar-refractivity contribution < 1.29 is 19.1 Å². The number of imide groups is 1. The van der Waals surface area contributed by atoms with E-state index in [1.165, 1.54) is 11.8 Å². The number of carbonyl (C=O) groups is 3. The molecule has 7 heteroatoms. The van der Waals surface area contributed by atoms with E-state index in [2.05, 4.69) is 0 Å². The van der Waals surface area contributed by atoms with Gasteiger partial charge in [-0.1, -0.05) is 12.1 Å². The zero-order chi connectivity index (χ0) is 13.5. The molecule has 0 bridgehead atoms. The molecule has 1 aromatic rings. The van der Waals surface area contributed by atoms with Crippen molar-refractivity contribution in [2.24, 2.45) is 5.73 Å². The number of esters is 1. The minimum absolute atomic E-state index is 0.372. The monoisotopic (exact) mass is 268 g/mol. The summed E-state index contributed by atoms with van der Waals surface area (Å²) < 4.78 is 4.76. The molecule has 0 atom stereocenters. The molecule has 0 aromatic heterocycles. The largest absolute Gasteiger partial charge is 0.452 e. The highest BCUT2D eigenvalue weighted by molar-refractivity contribution is 7.98. The number of primary amides is 1. The van der Waals surface area contributed by atoms with E-state index in [1.807, 2.05) is 6.26 Å². The number of hydrogen-bond acceptors (Lipinski definition) is 5. The van der Waals surface area contributed by atoms with Gasteiger partial charge < -0.3 is 10.5 Å². The van der Waals surface area contributed by atoms with Crippen molar-refractivity contribution in [2.75, 3.05) is 12.9 Å². The molecule has 0 unspecified atom stereocenters. The van der Waals surface area contributed by atoms with Crippen molar-refractivity contribution in [1.82, 2.24) is 5.32 Å². The third kappa shape index (κ3) is 4.10. The van der Waals surface area contributed by atoms with Crippen LogP contribution in [0.15, 0.2) is 29.2 Å². The van der Waals surface area contributed by atoms with Crippen LogP contribution in [-0.4, -0.2) is 30.8 Å². The SMILES string of the molecule is CSc1ccccc1C(=O)OCC(=O)NC(N)=O. The second-order valence-corrected chi connectivity index (χ2v) is 4.04. The molecule has 0 saturated heterocycles. The van der Waals surface area contributed by atoms with Crippen molar-refractivity contribution in [1.29, 1.82) is 0 Å². The summed E-state index contributed by atoms with van der Waals surface area (Å²) in [7, 11) is 0. The molecule has 0 saturated carbocycles. The molecule has 0 spiro atoms. The molecule has 18 heavy (non-hydrogen) atoms. The van der Waals surface area contributed by atoms with Gasteiger partial charge in [0.05, 0.1) is 5.56 Å². The van der Waals surface area contributed by atoms with Gasteiger partial charge in [-0.3, -0.25) is 10.1 Å². The number of rotatable bonds is 4. The van der Waals surface area contributed by atoms with Gasteiger partial charge in [-0.2, -0.15) is 0 Å². The Bertz CT molecular complexity index is 476. The van der Waals surface area contributed by atoms with Crippen LogP contribution in [-0.2, 0) is 9.53 Å². The van der Waals surface area contributed by atoms with Gasteiger partial charge in [-0.25, -0.2) is 9.59 Å². The molecule has 6 nitrogen and oxygen atoms in total. The minimum atomic E-state index is -0.986. The Labute approximate surface area is 108 Å². The van der Waals surface area contributed by atoms with E-state index >= 15 is 0 Å². The van der Waals surface area contributed by atoms with Crippen LogP contribution in [0.5, 0.6) is 0 Å². The van der Waals surface area contributed by atoms with Crippen molar-refractivity contribution in [2.45, 2.75) is 4.90 Å².